The van der Waals surface area contributed by atoms with Crippen LogP contribution in [0.15, 0.2) is 24.4 Å². The van der Waals surface area contributed by atoms with Crippen LogP contribution in [0.5, 0.6) is 0 Å². The number of aromatic nitrogens is 3. The lowest BCUT2D eigenvalue weighted by molar-refractivity contribution is -0.154. The van der Waals surface area contributed by atoms with Crippen molar-refractivity contribution in [1.29, 1.82) is 0 Å². The average Bonchev–Trinajstić information content (AvgIpc) is 3.22. The second-order valence-corrected chi connectivity index (χ2v) is 8.36. The van der Waals surface area contributed by atoms with Gasteiger partial charge in [-0.1, -0.05) is 6.07 Å². The lowest BCUT2D eigenvalue weighted by Crippen LogP contribution is -2.45. The molecule has 0 aromatic carbocycles. The lowest BCUT2D eigenvalue weighted by atomic mass is 9.74. The molecule has 0 saturated carbocycles. The minimum absolute atomic E-state index is 0.138. The Morgan fingerprint density at radius 3 is 2.82 bits per heavy atom. The zero-order chi connectivity index (χ0) is 19.7. The first-order valence-electron chi connectivity index (χ1n) is 10.1. The fourth-order valence-electron chi connectivity index (χ4n) is 4.47. The van der Waals surface area contributed by atoms with Crippen LogP contribution in [0.25, 0.3) is 11.5 Å². The number of piperidine rings is 1. The molecule has 0 amide bonds. The monoisotopic (exact) mass is 380 g/mol. The number of ether oxygens (including phenoxy) is 1. The largest absolute Gasteiger partial charge is 0.469 e. The topological polar surface area (TPSA) is 68.2 Å². The molecular weight excluding hydrogens is 352 g/mol. The average molecular weight is 380 g/mol. The Kier molecular flexibility index (Phi) is 5.04. The van der Waals surface area contributed by atoms with Crippen molar-refractivity contribution < 1.29 is 9.53 Å². The van der Waals surface area contributed by atoms with E-state index in [1.807, 2.05) is 32.0 Å². The van der Waals surface area contributed by atoms with Crippen molar-refractivity contribution in [2.75, 3.05) is 25.1 Å². The highest BCUT2D eigenvalue weighted by Gasteiger charge is 2.40. The number of pyridine rings is 1. The molecule has 0 radical (unpaired) electrons. The second kappa shape index (κ2) is 7.49. The van der Waals surface area contributed by atoms with Gasteiger partial charge in [0.05, 0.1) is 12.5 Å². The molecule has 1 unspecified atom stereocenters. The zero-order valence-electron chi connectivity index (χ0n) is 16.9. The molecule has 1 aliphatic carbocycles. The van der Waals surface area contributed by atoms with Gasteiger partial charge in [0.15, 0.2) is 5.82 Å². The third-order valence-electron chi connectivity index (χ3n) is 6.26. The van der Waals surface area contributed by atoms with E-state index in [-0.39, 0.29) is 11.9 Å². The molecule has 1 atom stereocenters. The number of carbonyl (C=O) groups excluding carboxylic acids is 1. The molecule has 4 rings (SSSR count). The van der Waals surface area contributed by atoms with E-state index in [1.165, 1.54) is 12.7 Å². The third-order valence-corrected chi connectivity index (χ3v) is 6.26. The Labute approximate surface area is 166 Å². The Morgan fingerprint density at radius 1 is 1.21 bits per heavy atom. The number of fused-ring (bicyclic) bond motifs is 1. The summed E-state index contributed by atoms with van der Waals surface area (Å²) in [6.07, 6.45) is 6.99. The molecule has 0 spiro atoms. The van der Waals surface area contributed by atoms with E-state index in [2.05, 4.69) is 9.88 Å². The first kappa shape index (κ1) is 18.8. The molecule has 148 valence electrons. The predicted octanol–water partition coefficient (Wildman–Crippen LogP) is 3.44. The number of nitrogens with zero attached hydrogens (tertiary/aromatic N) is 4. The van der Waals surface area contributed by atoms with Gasteiger partial charge in [-0.05, 0) is 64.0 Å². The van der Waals surface area contributed by atoms with Gasteiger partial charge in [0, 0.05) is 30.5 Å². The van der Waals surface area contributed by atoms with E-state index in [0.717, 1.165) is 62.4 Å². The van der Waals surface area contributed by atoms with Crippen LogP contribution in [0, 0.1) is 11.3 Å². The van der Waals surface area contributed by atoms with Crippen LogP contribution in [0.1, 0.15) is 44.4 Å². The van der Waals surface area contributed by atoms with Crippen LogP contribution in [-0.4, -0.2) is 41.1 Å². The van der Waals surface area contributed by atoms with Crippen molar-refractivity contribution in [3.8, 4) is 11.5 Å². The van der Waals surface area contributed by atoms with Gasteiger partial charge in [0.2, 0.25) is 0 Å². The number of anilines is 1. The molecule has 2 aliphatic rings. The standard InChI is InChI=1S/C22H28N4O2/c1-22(2,21(27)28-3)15-8-7-13-26(14-15)20-16-9-6-11-17(16)24-19(25-20)18-10-4-5-12-23-18/h4-5,10,12,15H,6-9,11,13-14H2,1-3H3. The molecule has 3 heterocycles. The normalized spacial score (nSPS) is 19.4. The predicted molar refractivity (Wildman–Crippen MR) is 108 cm³/mol. The van der Waals surface area contributed by atoms with E-state index in [9.17, 15) is 4.79 Å². The van der Waals surface area contributed by atoms with Crippen molar-refractivity contribution in [3.05, 3.63) is 35.7 Å². The van der Waals surface area contributed by atoms with Crippen molar-refractivity contribution >= 4 is 11.8 Å². The molecule has 1 fully saturated rings. The zero-order valence-corrected chi connectivity index (χ0v) is 16.9. The van der Waals surface area contributed by atoms with E-state index in [4.69, 9.17) is 14.7 Å². The van der Waals surface area contributed by atoms with E-state index in [0.29, 0.717) is 5.82 Å². The van der Waals surface area contributed by atoms with Gasteiger partial charge in [-0.3, -0.25) is 9.78 Å². The maximum atomic E-state index is 12.3. The summed E-state index contributed by atoms with van der Waals surface area (Å²) < 4.78 is 5.07. The first-order valence-corrected chi connectivity index (χ1v) is 10.1. The Balaban J connectivity index is 1.69. The Morgan fingerprint density at radius 2 is 2.07 bits per heavy atom. The summed E-state index contributed by atoms with van der Waals surface area (Å²) in [4.78, 5) is 28.9. The van der Waals surface area contributed by atoms with Gasteiger partial charge in [-0.2, -0.15) is 0 Å². The van der Waals surface area contributed by atoms with E-state index < -0.39 is 5.41 Å². The van der Waals surface area contributed by atoms with Crippen molar-refractivity contribution in [2.45, 2.75) is 46.0 Å². The van der Waals surface area contributed by atoms with Crippen molar-refractivity contribution in [2.24, 2.45) is 11.3 Å². The number of esters is 1. The van der Waals surface area contributed by atoms with Gasteiger partial charge in [-0.25, -0.2) is 9.97 Å². The highest BCUT2D eigenvalue weighted by Crippen LogP contribution is 2.38. The smallest absolute Gasteiger partial charge is 0.311 e. The van der Waals surface area contributed by atoms with Crippen LogP contribution >= 0.6 is 0 Å². The van der Waals surface area contributed by atoms with Crippen LogP contribution in [0.2, 0.25) is 0 Å². The maximum absolute atomic E-state index is 12.3. The molecular formula is C22H28N4O2. The molecule has 1 aliphatic heterocycles. The summed E-state index contributed by atoms with van der Waals surface area (Å²) >= 11 is 0. The lowest BCUT2D eigenvalue weighted by Gasteiger charge is -2.40. The third kappa shape index (κ3) is 3.36. The maximum Gasteiger partial charge on any atom is 0.311 e. The fourth-order valence-corrected chi connectivity index (χ4v) is 4.47. The highest BCUT2D eigenvalue weighted by molar-refractivity contribution is 5.76. The summed E-state index contributed by atoms with van der Waals surface area (Å²) in [7, 11) is 1.47. The van der Waals surface area contributed by atoms with Crippen molar-refractivity contribution in [1.82, 2.24) is 15.0 Å². The summed E-state index contributed by atoms with van der Waals surface area (Å²) in [5, 5.41) is 0. The molecule has 6 heteroatoms. The highest BCUT2D eigenvalue weighted by atomic mass is 16.5. The summed E-state index contributed by atoms with van der Waals surface area (Å²) in [6.45, 7) is 5.76. The molecule has 0 N–H and O–H groups in total. The number of hydrogen-bond acceptors (Lipinski definition) is 6. The fraction of sp³-hybridized carbons (Fsp3) is 0.545. The van der Waals surface area contributed by atoms with Gasteiger partial charge >= 0.3 is 5.97 Å². The number of aryl methyl sites for hydroxylation is 1. The SMILES string of the molecule is COC(=O)C(C)(C)C1CCCN(c2nc(-c3ccccn3)nc3c2CCC3)C1. The van der Waals surface area contributed by atoms with E-state index >= 15 is 0 Å². The summed E-state index contributed by atoms with van der Waals surface area (Å²) in [6, 6.07) is 5.83. The molecule has 0 bridgehead atoms. The van der Waals surface area contributed by atoms with Gasteiger partial charge < -0.3 is 9.64 Å². The van der Waals surface area contributed by atoms with Crippen LogP contribution in [-0.2, 0) is 22.4 Å². The molecule has 28 heavy (non-hydrogen) atoms. The minimum Gasteiger partial charge on any atom is -0.469 e. The van der Waals surface area contributed by atoms with Gasteiger partial charge in [0.1, 0.15) is 11.5 Å². The van der Waals surface area contributed by atoms with Crippen LogP contribution < -0.4 is 4.90 Å². The minimum atomic E-state index is -0.507. The number of methoxy groups -OCH3 is 1. The Hall–Kier alpha value is -2.50. The van der Waals surface area contributed by atoms with Gasteiger partial charge in [-0.15, -0.1) is 0 Å². The van der Waals surface area contributed by atoms with E-state index in [1.54, 1.807) is 6.20 Å². The number of carbonyl (C=O) groups is 1. The summed E-state index contributed by atoms with van der Waals surface area (Å²) in [5.41, 5.74) is 2.73. The number of rotatable bonds is 4. The second-order valence-electron chi connectivity index (χ2n) is 8.36. The Bertz CT molecular complexity index is 866. The molecule has 2 aromatic rings. The first-order chi connectivity index (χ1) is 13.5. The van der Waals surface area contributed by atoms with Crippen molar-refractivity contribution in [3.63, 3.8) is 0 Å². The molecule has 1 saturated heterocycles. The summed E-state index contributed by atoms with van der Waals surface area (Å²) in [5.74, 6) is 1.83. The number of hydrogen-bond donors (Lipinski definition) is 0. The molecule has 6 nitrogen and oxygen atoms in total. The quantitative estimate of drug-likeness (QED) is 0.757. The van der Waals surface area contributed by atoms with Gasteiger partial charge in [0.25, 0.3) is 0 Å². The van der Waals surface area contributed by atoms with Crippen LogP contribution in [0.3, 0.4) is 0 Å². The van der Waals surface area contributed by atoms with Crippen LogP contribution in [0.4, 0.5) is 5.82 Å². The molecule has 2 aromatic heterocycles.